The van der Waals surface area contributed by atoms with E-state index in [2.05, 4.69) is 15.6 Å². The van der Waals surface area contributed by atoms with Crippen LogP contribution < -0.4 is 5.43 Å². The van der Waals surface area contributed by atoms with Gasteiger partial charge in [0.2, 0.25) is 5.16 Å². The van der Waals surface area contributed by atoms with Crippen molar-refractivity contribution in [2.75, 3.05) is 17.7 Å². The molecule has 1 aromatic carbocycles. The molecule has 0 aliphatic carbocycles. The minimum Gasteiger partial charge on any atom is -0.321 e. The fraction of sp³-hybridized carbons (Fsp3) is 0.200. The third-order valence-electron chi connectivity index (χ3n) is 2.27. The van der Waals surface area contributed by atoms with Gasteiger partial charge in [-0.15, -0.1) is 10.2 Å². The predicted molar refractivity (Wildman–Crippen MR) is 60.4 cm³/mol. The summed E-state index contributed by atoms with van der Waals surface area (Å²) in [5, 5.41) is 9.29. The molecule has 0 radical (unpaired) electrons. The highest BCUT2D eigenvalue weighted by atomic mass is 32.2. The lowest BCUT2D eigenvalue weighted by molar-refractivity contribution is 0.755. The summed E-state index contributed by atoms with van der Waals surface area (Å²) in [7, 11) is 0. The summed E-state index contributed by atoms with van der Waals surface area (Å²) >= 11 is 1.73. The molecule has 0 atom stereocenters. The summed E-state index contributed by atoms with van der Waals surface area (Å²) in [6.07, 6.45) is 0. The van der Waals surface area contributed by atoms with E-state index >= 15 is 0 Å². The first-order chi connectivity index (χ1) is 7.45. The van der Waals surface area contributed by atoms with Gasteiger partial charge in [-0.25, -0.2) is 4.68 Å². The van der Waals surface area contributed by atoms with Crippen LogP contribution in [0.5, 0.6) is 0 Å². The Morgan fingerprint density at radius 1 is 1.20 bits per heavy atom. The first-order valence-corrected chi connectivity index (χ1v) is 5.81. The Kier molecular flexibility index (Phi) is 2.10. The Bertz CT molecular complexity index is 466. The van der Waals surface area contributed by atoms with E-state index in [0.717, 1.165) is 28.8 Å². The summed E-state index contributed by atoms with van der Waals surface area (Å²) in [6.45, 7) is 0.954. The van der Waals surface area contributed by atoms with Crippen LogP contribution in [0.4, 0.5) is 0 Å². The molecule has 5 heteroatoms. The van der Waals surface area contributed by atoms with Gasteiger partial charge in [0, 0.05) is 17.9 Å². The van der Waals surface area contributed by atoms with Crippen LogP contribution in [0.2, 0.25) is 0 Å². The van der Waals surface area contributed by atoms with Gasteiger partial charge < -0.3 is 5.43 Å². The number of aromatic nitrogens is 3. The molecular weight excluding hydrogens is 208 g/mol. The van der Waals surface area contributed by atoms with Gasteiger partial charge in [0.1, 0.15) is 0 Å². The standard InChI is InChI=1S/C10H10N4S/c1-2-4-8(5-3-1)9-12-13-10-14(9)11-6-7-15-10/h1-5,11H,6-7H2. The summed E-state index contributed by atoms with van der Waals surface area (Å²) in [6, 6.07) is 10.1. The van der Waals surface area contributed by atoms with Crippen LogP contribution in [-0.2, 0) is 0 Å². The molecule has 0 unspecified atom stereocenters. The van der Waals surface area contributed by atoms with Crippen LogP contribution in [-0.4, -0.2) is 27.2 Å². The average molecular weight is 218 g/mol. The van der Waals surface area contributed by atoms with Crippen molar-refractivity contribution in [2.24, 2.45) is 0 Å². The van der Waals surface area contributed by atoms with E-state index in [0.29, 0.717) is 0 Å². The van der Waals surface area contributed by atoms with Crippen LogP contribution >= 0.6 is 11.8 Å². The molecule has 15 heavy (non-hydrogen) atoms. The van der Waals surface area contributed by atoms with Gasteiger partial charge in [-0.1, -0.05) is 42.1 Å². The van der Waals surface area contributed by atoms with Crippen molar-refractivity contribution in [1.82, 2.24) is 14.9 Å². The number of thioether (sulfide) groups is 1. The highest BCUT2D eigenvalue weighted by Crippen LogP contribution is 2.24. The molecule has 0 saturated heterocycles. The second-order valence-electron chi connectivity index (χ2n) is 3.26. The maximum atomic E-state index is 4.20. The van der Waals surface area contributed by atoms with Gasteiger partial charge in [-0.3, -0.25) is 0 Å². The number of hydrogen-bond donors (Lipinski definition) is 1. The molecule has 0 bridgehead atoms. The maximum Gasteiger partial charge on any atom is 0.210 e. The molecule has 0 amide bonds. The average Bonchev–Trinajstić information content (AvgIpc) is 2.74. The Hall–Kier alpha value is -1.49. The zero-order chi connectivity index (χ0) is 10.1. The molecule has 2 aromatic rings. The topological polar surface area (TPSA) is 42.7 Å². The number of rotatable bonds is 1. The number of benzene rings is 1. The summed E-state index contributed by atoms with van der Waals surface area (Å²) in [5.41, 5.74) is 4.37. The number of fused-ring (bicyclic) bond motifs is 1. The maximum absolute atomic E-state index is 4.20. The van der Waals surface area contributed by atoms with Gasteiger partial charge in [0.25, 0.3) is 0 Å². The molecule has 1 aliphatic heterocycles. The second-order valence-corrected chi connectivity index (χ2v) is 4.33. The Labute approximate surface area is 91.7 Å². The molecule has 1 aromatic heterocycles. The van der Waals surface area contributed by atoms with Crippen LogP contribution in [0.25, 0.3) is 11.4 Å². The van der Waals surface area contributed by atoms with Crippen molar-refractivity contribution in [1.29, 1.82) is 0 Å². The third-order valence-corrected chi connectivity index (χ3v) is 3.20. The first kappa shape index (κ1) is 8.79. The van der Waals surface area contributed by atoms with E-state index in [1.54, 1.807) is 11.8 Å². The highest BCUT2D eigenvalue weighted by molar-refractivity contribution is 7.99. The van der Waals surface area contributed by atoms with Crippen LogP contribution in [0.3, 0.4) is 0 Å². The summed E-state index contributed by atoms with van der Waals surface area (Å²) in [5.74, 6) is 1.94. The van der Waals surface area contributed by atoms with Gasteiger partial charge in [0.15, 0.2) is 5.82 Å². The van der Waals surface area contributed by atoms with E-state index < -0.39 is 0 Å². The van der Waals surface area contributed by atoms with Crippen molar-refractivity contribution < 1.29 is 0 Å². The van der Waals surface area contributed by atoms with Crippen molar-refractivity contribution in [3.63, 3.8) is 0 Å². The van der Waals surface area contributed by atoms with Crippen molar-refractivity contribution in [3.8, 4) is 11.4 Å². The van der Waals surface area contributed by atoms with E-state index in [1.807, 2.05) is 35.0 Å². The molecule has 4 nitrogen and oxygen atoms in total. The number of nitrogens with one attached hydrogen (secondary N) is 1. The molecule has 2 heterocycles. The molecule has 0 fully saturated rings. The molecule has 1 N–H and O–H groups in total. The third kappa shape index (κ3) is 1.48. The molecule has 1 aliphatic rings. The van der Waals surface area contributed by atoms with Gasteiger partial charge >= 0.3 is 0 Å². The Balaban J connectivity index is 2.09. The normalized spacial score (nSPS) is 14.4. The number of nitrogens with zero attached hydrogens (tertiary/aromatic N) is 3. The van der Waals surface area contributed by atoms with Gasteiger partial charge in [-0.2, -0.15) is 0 Å². The Morgan fingerprint density at radius 3 is 2.93 bits per heavy atom. The van der Waals surface area contributed by atoms with Crippen LogP contribution in [0.1, 0.15) is 0 Å². The van der Waals surface area contributed by atoms with Crippen molar-refractivity contribution in [3.05, 3.63) is 30.3 Å². The summed E-state index contributed by atoms with van der Waals surface area (Å²) < 4.78 is 1.96. The fourth-order valence-corrected chi connectivity index (χ4v) is 2.33. The second kappa shape index (κ2) is 3.58. The van der Waals surface area contributed by atoms with Gasteiger partial charge in [-0.05, 0) is 0 Å². The minimum absolute atomic E-state index is 0.887. The minimum atomic E-state index is 0.887. The number of hydrogen-bond acceptors (Lipinski definition) is 4. The summed E-state index contributed by atoms with van der Waals surface area (Å²) in [4.78, 5) is 0. The quantitative estimate of drug-likeness (QED) is 0.789. The van der Waals surface area contributed by atoms with Crippen molar-refractivity contribution >= 4 is 11.8 Å². The van der Waals surface area contributed by atoms with E-state index in [-0.39, 0.29) is 0 Å². The van der Waals surface area contributed by atoms with Crippen LogP contribution in [0.15, 0.2) is 35.5 Å². The SMILES string of the molecule is c1ccc(-c2nnc3n2NCCS3)cc1. The molecule has 0 saturated carbocycles. The lowest BCUT2D eigenvalue weighted by Crippen LogP contribution is -2.23. The zero-order valence-corrected chi connectivity index (χ0v) is 8.87. The zero-order valence-electron chi connectivity index (χ0n) is 8.05. The van der Waals surface area contributed by atoms with E-state index in [9.17, 15) is 0 Å². The van der Waals surface area contributed by atoms with Gasteiger partial charge in [0.05, 0.1) is 0 Å². The first-order valence-electron chi connectivity index (χ1n) is 4.83. The largest absolute Gasteiger partial charge is 0.321 e. The van der Waals surface area contributed by atoms with E-state index in [4.69, 9.17) is 0 Å². The monoisotopic (exact) mass is 218 g/mol. The Morgan fingerprint density at radius 2 is 2.07 bits per heavy atom. The smallest absolute Gasteiger partial charge is 0.210 e. The van der Waals surface area contributed by atoms with Crippen molar-refractivity contribution in [2.45, 2.75) is 5.16 Å². The molecular formula is C10H10N4S. The van der Waals surface area contributed by atoms with E-state index in [1.165, 1.54) is 0 Å². The molecule has 76 valence electrons. The molecule has 3 rings (SSSR count). The van der Waals surface area contributed by atoms with Crippen LogP contribution in [0, 0.1) is 0 Å². The molecule has 0 spiro atoms. The lowest BCUT2D eigenvalue weighted by Gasteiger charge is -2.16. The lowest BCUT2D eigenvalue weighted by atomic mass is 10.2. The fourth-order valence-electron chi connectivity index (χ4n) is 1.58. The predicted octanol–water partition coefficient (Wildman–Crippen LogP) is 1.59. The highest BCUT2D eigenvalue weighted by Gasteiger charge is 2.16.